The zero-order valence-electron chi connectivity index (χ0n) is 14.6. The van der Waals surface area contributed by atoms with Gasteiger partial charge in [-0.2, -0.15) is 0 Å². The maximum absolute atomic E-state index is 12.7. The van der Waals surface area contributed by atoms with Crippen LogP contribution in [0.2, 0.25) is 0 Å². The quantitative estimate of drug-likeness (QED) is 0.829. The predicted octanol–water partition coefficient (Wildman–Crippen LogP) is 1.31. The van der Waals surface area contributed by atoms with Crippen LogP contribution in [0.25, 0.3) is 0 Å². The molecule has 0 spiro atoms. The Morgan fingerprint density at radius 3 is 2.43 bits per heavy atom. The summed E-state index contributed by atoms with van der Waals surface area (Å²) in [4.78, 5) is 19.6. The minimum atomic E-state index is 0.275. The molecule has 5 heteroatoms. The third-order valence-corrected chi connectivity index (χ3v) is 6.12. The Morgan fingerprint density at radius 1 is 0.957 bits per heavy atom. The number of piperidine rings is 1. The lowest BCUT2D eigenvalue weighted by atomic mass is 10.0. The second-order valence-corrected chi connectivity index (χ2v) is 7.67. The molecule has 0 aliphatic carbocycles. The average Bonchev–Trinajstić information content (AvgIpc) is 3.17. The highest BCUT2D eigenvalue weighted by Crippen LogP contribution is 2.24. The number of carbonyl (C=O) groups is 1. The highest BCUT2D eigenvalue weighted by Gasteiger charge is 2.33. The fourth-order valence-corrected chi connectivity index (χ4v) is 4.66. The second-order valence-electron chi connectivity index (χ2n) is 7.67. The van der Waals surface area contributed by atoms with Gasteiger partial charge in [0.2, 0.25) is 5.91 Å². The molecule has 0 aromatic rings. The Hall–Kier alpha value is -0.650. The Labute approximate surface area is 140 Å². The monoisotopic (exact) mass is 323 g/mol. The molecule has 0 aromatic carbocycles. The van der Waals surface area contributed by atoms with E-state index >= 15 is 0 Å². The Bertz CT molecular complexity index is 404. The minimum Gasteiger partial charge on any atom is -0.395 e. The van der Waals surface area contributed by atoms with Gasteiger partial charge in [0.1, 0.15) is 0 Å². The van der Waals surface area contributed by atoms with E-state index in [9.17, 15) is 9.90 Å². The first kappa shape index (κ1) is 17.2. The van der Waals surface area contributed by atoms with E-state index in [-0.39, 0.29) is 6.61 Å². The largest absolute Gasteiger partial charge is 0.395 e. The fraction of sp³-hybridized carbons (Fsp3) is 0.944. The molecular formula is C18H33N3O2. The lowest BCUT2D eigenvalue weighted by Crippen LogP contribution is -2.50. The summed E-state index contributed by atoms with van der Waals surface area (Å²) in [7, 11) is 0. The van der Waals surface area contributed by atoms with Crippen molar-refractivity contribution in [2.45, 2.75) is 70.0 Å². The van der Waals surface area contributed by atoms with Gasteiger partial charge in [0.05, 0.1) is 13.2 Å². The summed E-state index contributed by atoms with van der Waals surface area (Å²) in [5.41, 5.74) is 0. The zero-order chi connectivity index (χ0) is 16.2. The lowest BCUT2D eigenvalue weighted by molar-refractivity contribution is -0.136. The summed E-state index contributed by atoms with van der Waals surface area (Å²) in [5, 5.41) is 9.50. The Morgan fingerprint density at radius 2 is 1.70 bits per heavy atom. The third-order valence-electron chi connectivity index (χ3n) is 6.12. The molecule has 23 heavy (non-hydrogen) atoms. The van der Waals surface area contributed by atoms with Crippen molar-refractivity contribution in [3.8, 4) is 0 Å². The van der Waals surface area contributed by atoms with Crippen LogP contribution in [-0.2, 0) is 4.79 Å². The molecule has 0 aromatic heterocycles. The van der Waals surface area contributed by atoms with E-state index in [1.165, 1.54) is 25.7 Å². The first-order valence-electron chi connectivity index (χ1n) is 9.57. The van der Waals surface area contributed by atoms with Crippen molar-refractivity contribution in [3.05, 3.63) is 0 Å². The van der Waals surface area contributed by atoms with Crippen LogP contribution in [0.1, 0.15) is 51.9 Å². The van der Waals surface area contributed by atoms with Gasteiger partial charge in [0.25, 0.3) is 0 Å². The molecule has 0 radical (unpaired) electrons. The first-order chi connectivity index (χ1) is 11.2. The van der Waals surface area contributed by atoms with Crippen molar-refractivity contribution in [3.63, 3.8) is 0 Å². The predicted molar refractivity (Wildman–Crippen MR) is 91.3 cm³/mol. The fourth-order valence-electron chi connectivity index (χ4n) is 4.66. The summed E-state index contributed by atoms with van der Waals surface area (Å²) in [6, 6.07) is 1.25. The molecule has 3 heterocycles. The number of hydrogen-bond donors (Lipinski definition) is 1. The molecule has 5 nitrogen and oxygen atoms in total. The lowest BCUT2D eigenvalue weighted by Gasteiger charge is -2.36. The molecule has 3 atom stereocenters. The second kappa shape index (κ2) is 7.95. The van der Waals surface area contributed by atoms with E-state index < -0.39 is 0 Å². The van der Waals surface area contributed by atoms with Crippen LogP contribution in [0.4, 0.5) is 0 Å². The van der Waals surface area contributed by atoms with Crippen LogP contribution in [0, 0.1) is 0 Å². The van der Waals surface area contributed by atoms with Crippen molar-refractivity contribution in [1.29, 1.82) is 0 Å². The Balaban J connectivity index is 1.53. The zero-order valence-corrected chi connectivity index (χ0v) is 14.6. The Kier molecular flexibility index (Phi) is 5.94. The van der Waals surface area contributed by atoms with Crippen molar-refractivity contribution in [1.82, 2.24) is 14.7 Å². The molecule has 3 fully saturated rings. The SMILES string of the molecule is CC1CCCCN1C(=O)CN1CCCC1CN1CCCC1CO. The molecule has 132 valence electrons. The highest BCUT2D eigenvalue weighted by atomic mass is 16.3. The number of hydrogen-bond acceptors (Lipinski definition) is 4. The van der Waals surface area contributed by atoms with E-state index in [1.807, 2.05) is 0 Å². The van der Waals surface area contributed by atoms with Gasteiger partial charge in [0, 0.05) is 31.2 Å². The smallest absolute Gasteiger partial charge is 0.236 e. The topological polar surface area (TPSA) is 47.0 Å². The minimum absolute atomic E-state index is 0.275. The van der Waals surface area contributed by atoms with Gasteiger partial charge in [-0.1, -0.05) is 0 Å². The number of aliphatic hydroxyl groups is 1. The molecule has 3 rings (SSSR count). The van der Waals surface area contributed by atoms with E-state index in [0.29, 0.717) is 30.6 Å². The highest BCUT2D eigenvalue weighted by molar-refractivity contribution is 5.78. The summed E-state index contributed by atoms with van der Waals surface area (Å²) >= 11 is 0. The molecule has 0 bridgehead atoms. The van der Waals surface area contributed by atoms with E-state index in [4.69, 9.17) is 0 Å². The molecule has 1 N–H and O–H groups in total. The van der Waals surface area contributed by atoms with Gasteiger partial charge in [-0.3, -0.25) is 14.6 Å². The maximum Gasteiger partial charge on any atom is 0.236 e. The molecule has 3 aliphatic heterocycles. The van der Waals surface area contributed by atoms with E-state index in [1.54, 1.807) is 0 Å². The summed E-state index contributed by atoms with van der Waals surface area (Å²) in [5.74, 6) is 0.323. The summed E-state index contributed by atoms with van der Waals surface area (Å²) in [6.07, 6.45) is 8.28. The van der Waals surface area contributed by atoms with Gasteiger partial charge >= 0.3 is 0 Å². The molecule has 3 aliphatic rings. The van der Waals surface area contributed by atoms with Crippen LogP contribution in [0.15, 0.2) is 0 Å². The number of aliphatic hydroxyl groups excluding tert-OH is 1. The first-order valence-corrected chi connectivity index (χ1v) is 9.57. The molecule has 3 unspecified atom stereocenters. The van der Waals surface area contributed by atoms with Gasteiger partial charge in [-0.05, 0) is 65.0 Å². The summed E-state index contributed by atoms with van der Waals surface area (Å²) in [6.45, 7) is 7.17. The third kappa shape index (κ3) is 4.06. The molecule has 3 saturated heterocycles. The van der Waals surface area contributed by atoms with Crippen LogP contribution in [0.3, 0.4) is 0 Å². The number of amides is 1. The van der Waals surface area contributed by atoms with Crippen molar-refractivity contribution in [2.24, 2.45) is 0 Å². The van der Waals surface area contributed by atoms with E-state index in [2.05, 4.69) is 21.6 Å². The maximum atomic E-state index is 12.7. The van der Waals surface area contributed by atoms with Gasteiger partial charge in [0.15, 0.2) is 0 Å². The van der Waals surface area contributed by atoms with Crippen LogP contribution >= 0.6 is 0 Å². The van der Waals surface area contributed by atoms with Gasteiger partial charge in [-0.25, -0.2) is 0 Å². The number of nitrogens with zero attached hydrogens (tertiary/aromatic N) is 3. The van der Waals surface area contributed by atoms with Crippen molar-refractivity contribution >= 4 is 5.91 Å². The van der Waals surface area contributed by atoms with Gasteiger partial charge < -0.3 is 10.0 Å². The summed E-state index contributed by atoms with van der Waals surface area (Å²) < 4.78 is 0. The van der Waals surface area contributed by atoms with Crippen LogP contribution in [-0.4, -0.2) is 83.2 Å². The number of carbonyl (C=O) groups excluding carboxylic acids is 1. The molecule has 1 amide bonds. The molecule has 0 saturated carbocycles. The van der Waals surface area contributed by atoms with E-state index in [0.717, 1.165) is 45.4 Å². The number of likely N-dealkylation sites (tertiary alicyclic amines) is 3. The normalized spacial score (nSPS) is 33.5. The van der Waals surface area contributed by atoms with Crippen LogP contribution in [0.5, 0.6) is 0 Å². The number of rotatable bonds is 5. The average molecular weight is 323 g/mol. The standard InChI is InChI=1S/C18H33N3O2/c1-15-6-2-3-11-21(15)18(23)13-20-10-4-7-16(20)12-19-9-5-8-17(19)14-22/h15-17,22H,2-14H2,1H3. The van der Waals surface area contributed by atoms with Crippen LogP contribution < -0.4 is 0 Å². The molecular weight excluding hydrogens is 290 g/mol. The van der Waals surface area contributed by atoms with Gasteiger partial charge in [-0.15, -0.1) is 0 Å². The van der Waals surface area contributed by atoms with Crippen molar-refractivity contribution in [2.75, 3.05) is 39.3 Å². The van der Waals surface area contributed by atoms with Crippen molar-refractivity contribution < 1.29 is 9.90 Å².